The van der Waals surface area contributed by atoms with Crippen molar-refractivity contribution in [3.05, 3.63) is 30.3 Å². The molecule has 4 rings (SSSR count). The van der Waals surface area contributed by atoms with Gasteiger partial charge in [0.1, 0.15) is 22.8 Å². The number of fused-ring (bicyclic) bond motifs is 1. The summed E-state index contributed by atoms with van der Waals surface area (Å²) in [4.78, 5) is 40.6. The van der Waals surface area contributed by atoms with Crippen molar-refractivity contribution in [3.63, 3.8) is 0 Å². The van der Waals surface area contributed by atoms with Gasteiger partial charge >= 0.3 is 0 Å². The molecule has 0 aliphatic carbocycles. The third kappa shape index (κ3) is 4.64. The fourth-order valence-corrected chi connectivity index (χ4v) is 5.95. The molecule has 3 amide bonds. The minimum Gasteiger partial charge on any atom is -0.343 e. The number of anilines is 1. The second-order valence-corrected chi connectivity index (χ2v) is 9.82. The van der Waals surface area contributed by atoms with Gasteiger partial charge in [0.25, 0.3) is 0 Å². The molecule has 1 aromatic heterocycles. The summed E-state index contributed by atoms with van der Waals surface area (Å²) >= 11 is 2.73. The van der Waals surface area contributed by atoms with Gasteiger partial charge in [-0.1, -0.05) is 34.8 Å². The van der Waals surface area contributed by atoms with Crippen molar-refractivity contribution in [1.29, 1.82) is 0 Å². The van der Waals surface area contributed by atoms with Crippen LogP contribution in [0, 0.1) is 0 Å². The molecule has 3 heterocycles. The first kappa shape index (κ1) is 22.7. The van der Waals surface area contributed by atoms with Crippen LogP contribution < -0.4 is 16.0 Å². The zero-order valence-electron chi connectivity index (χ0n) is 17.9. The smallest absolute Gasteiger partial charge is 0.248 e. The Morgan fingerprint density at radius 2 is 2.00 bits per heavy atom. The monoisotopic (exact) mass is 474 g/mol. The van der Waals surface area contributed by atoms with E-state index in [0.717, 1.165) is 29.9 Å². The summed E-state index contributed by atoms with van der Waals surface area (Å²) in [6, 6.07) is 7.90. The Morgan fingerprint density at radius 3 is 2.75 bits per heavy atom. The van der Waals surface area contributed by atoms with Gasteiger partial charge in [-0.2, -0.15) is 0 Å². The van der Waals surface area contributed by atoms with E-state index < -0.39 is 18.1 Å². The van der Waals surface area contributed by atoms with E-state index in [4.69, 9.17) is 0 Å². The summed E-state index contributed by atoms with van der Waals surface area (Å²) in [5, 5.41) is 13.3. The Balaban J connectivity index is 1.50. The van der Waals surface area contributed by atoms with E-state index in [1.165, 1.54) is 0 Å². The predicted octanol–water partition coefficient (Wildman–Crippen LogP) is 1.69. The highest BCUT2D eigenvalue weighted by molar-refractivity contribution is 8.00. The zero-order chi connectivity index (χ0) is 22.7. The van der Waals surface area contributed by atoms with Gasteiger partial charge in [-0.15, -0.1) is 16.9 Å². The summed E-state index contributed by atoms with van der Waals surface area (Å²) in [5.41, 5.74) is 1.47. The molecule has 0 spiro atoms. The lowest BCUT2D eigenvalue weighted by atomic mass is 10.1. The minimum atomic E-state index is -0.623. The molecule has 32 heavy (non-hydrogen) atoms. The van der Waals surface area contributed by atoms with Crippen molar-refractivity contribution in [1.82, 2.24) is 25.1 Å². The molecule has 3 N–H and O–H groups in total. The van der Waals surface area contributed by atoms with E-state index in [-0.39, 0.29) is 23.1 Å². The molecule has 11 heteroatoms. The number of nitrogens with one attached hydrogen (secondary N) is 3. The van der Waals surface area contributed by atoms with Crippen molar-refractivity contribution >= 4 is 46.0 Å². The number of carbonyl (C=O) groups is 3. The first-order chi connectivity index (χ1) is 15.5. The third-order valence-electron chi connectivity index (χ3n) is 5.81. The van der Waals surface area contributed by atoms with E-state index >= 15 is 0 Å². The van der Waals surface area contributed by atoms with Gasteiger partial charge in [-0.05, 0) is 33.2 Å². The van der Waals surface area contributed by atoms with Crippen LogP contribution in [-0.2, 0) is 14.4 Å². The van der Waals surface area contributed by atoms with Gasteiger partial charge in [-0.25, -0.2) is 0 Å². The Morgan fingerprint density at radius 1 is 1.22 bits per heavy atom. The molecule has 2 saturated heterocycles. The van der Waals surface area contributed by atoms with Gasteiger partial charge in [0.15, 0.2) is 0 Å². The average Bonchev–Trinajstić information content (AvgIpc) is 3.41. The van der Waals surface area contributed by atoms with Gasteiger partial charge < -0.3 is 20.9 Å². The van der Waals surface area contributed by atoms with Crippen LogP contribution in [-0.4, -0.2) is 68.5 Å². The maximum Gasteiger partial charge on any atom is 0.248 e. The summed E-state index contributed by atoms with van der Waals surface area (Å²) in [6.07, 6.45) is 2.18. The third-order valence-corrected chi connectivity index (χ3v) is 7.80. The number of amides is 3. The lowest BCUT2D eigenvalue weighted by molar-refractivity contribution is -0.141. The van der Waals surface area contributed by atoms with Gasteiger partial charge in [0.05, 0.1) is 11.4 Å². The largest absolute Gasteiger partial charge is 0.343 e. The van der Waals surface area contributed by atoms with E-state index in [1.807, 2.05) is 30.3 Å². The quantitative estimate of drug-likeness (QED) is 0.583. The summed E-state index contributed by atoms with van der Waals surface area (Å²) < 4.78 is 4.00. The number of hydrogen-bond donors (Lipinski definition) is 3. The van der Waals surface area contributed by atoms with Gasteiger partial charge in [0.2, 0.25) is 17.7 Å². The van der Waals surface area contributed by atoms with Crippen molar-refractivity contribution in [3.8, 4) is 11.3 Å². The van der Waals surface area contributed by atoms with Gasteiger partial charge in [-0.3, -0.25) is 14.4 Å². The zero-order valence-corrected chi connectivity index (χ0v) is 19.5. The molecule has 9 nitrogen and oxygen atoms in total. The summed E-state index contributed by atoms with van der Waals surface area (Å²) in [5.74, 6) is -0.157. The molecule has 170 valence electrons. The van der Waals surface area contributed by atoms with E-state index in [1.54, 1.807) is 30.6 Å². The first-order valence-corrected chi connectivity index (χ1v) is 12.4. The Kier molecular flexibility index (Phi) is 7.07. The van der Waals surface area contributed by atoms with Crippen molar-refractivity contribution in [2.75, 3.05) is 18.1 Å². The van der Waals surface area contributed by atoms with E-state index in [2.05, 4.69) is 25.5 Å². The second kappa shape index (κ2) is 9.97. The Hall–Kier alpha value is -2.50. The molecule has 0 bridgehead atoms. The molecule has 4 atom stereocenters. The molecule has 2 fully saturated rings. The molecule has 2 aliphatic rings. The summed E-state index contributed by atoms with van der Waals surface area (Å²) in [7, 11) is 1.70. The highest BCUT2D eigenvalue weighted by Crippen LogP contribution is 2.37. The number of nitrogens with zero attached hydrogens (tertiary/aromatic N) is 3. The Bertz CT molecular complexity index is 985. The molecule has 2 aliphatic heterocycles. The molecular formula is C21H26N6O3S2. The fourth-order valence-electron chi connectivity index (χ4n) is 3.90. The number of benzene rings is 1. The number of thioether (sulfide) groups is 1. The number of likely N-dealkylation sites (N-methyl/N-ethyl adjacent to an activating group) is 1. The van der Waals surface area contributed by atoms with Crippen LogP contribution in [0.4, 0.5) is 5.00 Å². The highest BCUT2D eigenvalue weighted by atomic mass is 32.2. The summed E-state index contributed by atoms with van der Waals surface area (Å²) in [6.45, 7) is 1.74. The van der Waals surface area contributed by atoms with Crippen molar-refractivity contribution < 1.29 is 14.4 Å². The molecule has 1 aromatic carbocycles. The lowest BCUT2D eigenvalue weighted by Crippen LogP contribution is -2.55. The lowest BCUT2D eigenvalue weighted by Gasteiger charge is -2.29. The van der Waals surface area contributed by atoms with E-state index in [0.29, 0.717) is 22.9 Å². The normalized spacial score (nSPS) is 23.9. The minimum absolute atomic E-state index is 0.0601. The van der Waals surface area contributed by atoms with Crippen LogP contribution in [0.15, 0.2) is 30.3 Å². The second-order valence-electron chi connectivity index (χ2n) is 7.86. The highest BCUT2D eigenvalue weighted by Gasteiger charge is 2.45. The number of carbonyl (C=O) groups excluding carboxylic acids is 3. The van der Waals surface area contributed by atoms with Crippen LogP contribution in [0.25, 0.3) is 11.3 Å². The topological polar surface area (TPSA) is 116 Å². The predicted molar refractivity (Wildman–Crippen MR) is 125 cm³/mol. The standard InChI is InChI=1S/C21H26N6O3S2/c1-12(22-2)18(28)23-14-9-6-10-16-27(21(14)30)15(11-31-16)19(29)24-20-17(25-26-32-20)13-7-4-3-5-8-13/h3-5,7-8,12,14-16,22H,6,9-11H2,1-2H3,(H,23,28)(H,24,29)/t12-,14?,15-,16+/m0/s1. The van der Waals surface area contributed by atoms with Gasteiger partial charge in [0, 0.05) is 22.8 Å². The maximum atomic E-state index is 13.4. The molecular weight excluding hydrogens is 448 g/mol. The average molecular weight is 475 g/mol. The molecule has 2 aromatic rings. The van der Waals surface area contributed by atoms with Crippen LogP contribution in [0.3, 0.4) is 0 Å². The van der Waals surface area contributed by atoms with Crippen LogP contribution >= 0.6 is 23.3 Å². The first-order valence-electron chi connectivity index (χ1n) is 10.6. The van der Waals surface area contributed by atoms with Crippen LogP contribution in [0.1, 0.15) is 26.2 Å². The molecule has 1 unspecified atom stereocenters. The molecule has 0 radical (unpaired) electrons. The number of rotatable bonds is 6. The van der Waals surface area contributed by atoms with Crippen LogP contribution in [0.2, 0.25) is 0 Å². The maximum absolute atomic E-state index is 13.4. The van der Waals surface area contributed by atoms with Crippen molar-refractivity contribution in [2.45, 2.75) is 49.7 Å². The van der Waals surface area contributed by atoms with E-state index in [9.17, 15) is 14.4 Å². The Labute approximate surface area is 194 Å². The fraction of sp³-hybridized carbons (Fsp3) is 0.476. The molecule has 0 saturated carbocycles. The number of aromatic nitrogens is 2. The van der Waals surface area contributed by atoms with Crippen LogP contribution in [0.5, 0.6) is 0 Å². The van der Waals surface area contributed by atoms with Crippen molar-refractivity contribution in [2.24, 2.45) is 0 Å². The number of hydrogen-bond acceptors (Lipinski definition) is 8. The SMILES string of the molecule is CN[C@@H](C)C(=O)NC1CCC[C@H]2SC[C@@H](C(=O)Nc3snnc3-c3ccccc3)N2C1=O.